The van der Waals surface area contributed by atoms with Crippen LogP contribution in [0.5, 0.6) is 0 Å². The van der Waals surface area contributed by atoms with E-state index in [4.69, 9.17) is 0 Å². The number of Topliss-reactive ketones (excluding diaryl/α,β-unsaturated/α-hetero) is 2. The fourth-order valence-corrected chi connectivity index (χ4v) is 1.95. The molecule has 0 radical (unpaired) electrons. The fourth-order valence-electron chi connectivity index (χ4n) is 1.08. The molecule has 0 spiro atoms. The third-order valence-corrected chi connectivity index (χ3v) is 2.78. The molecule has 0 aromatic heterocycles. The number of hydrogen-bond acceptors (Lipinski definition) is 5. The Bertz CT molecular complexity index is 278. The van der Waals surface area contributed by atoms with Crippen molar-refractivity contribution in [3.63, 3.8) is 0 Å². The third kappa shape index (κ3) is 4.03. The van der Waals surface area contributed by atoms with Gasteiger partial charge in [0.1, 0.15) is 5.92 Å². The summed E-state index contributed by atoms with van der Waals surface area (Å²) in [6.07, 6.45) is 1.43. The molecule has 1 heterocycles. The lowest BCUT2D eigenvalue weighted by atomic mass is 10.0. The van der Waals surface area contributed by atoms with E-state index in [0.29, 0.717) is 11.5 Å². The fraction of sp³-hybridized carbons (Fsp3) is 0.700. The van der Waals surface area contributed by atoms with Crippen molar-refractivity contribution in [1.82, 2.24) is 5.43 Å². The Labute approximate surface area is 93.9 Å². The maximum Gasteiger partial charge on any atom is 0.158 e. The Morgan fingerprint density at radius 2 is 1.87 bits per heavy atom. The van der Waals surface area contributed by atoms with Crippen molar-refractivity contribution < 1.29 is 9.59 Å². The van der Waals surface area contributed by atoms with Crippen molar-refractivity contribution in [3.8, 4) is 0 Å². The van der Waals surface area contributed by atoms with Crippen LogP contribution in [0.15, 0.2) is 5.10 Å². The first kappa shape index (κ1) is 12.2. The zero-order valence-electron chi connectivity index (χ0n) is 9.24. The number of rotatable bonds is 2. The van der Waals surface area contributed by atoms with Gasteiger partial charge >= 0.3 is 0 Å². The van der Waals surface area contributed by atoms with Crippen LogP contribution in [0.2, 0.25) is 0 Å². The van der Waals surface area contributed by atoms with E-state index in [2.05, 4.69) is 10.5 Å². The minimum absolute atomic E-state index is 0.0456. The number of ketones is 2. The minimum atomic E-state index is -0.638. The molecular weight excluding hydrogens is 212 g/mol. The summed E-state index contributed by atoms with van der Waals surface area (Å²) in [5.41, 5.74) is 2.72. The quantitative estimate of drug-likeness (QED) is 0.433. The second kappa shape index (κ2) is 4.79. The summed E-state index contributed by atoms with van der Waals surface area (Å²) in [6, 6.07) is 0. The van der Waals surface area contributed by atoms with Gasteiger partial charge < -0.3 is 5.43 Å². The molecule has 1 saturated heterocycles. The molecule has 4 nitrogen and oxygen atoms in total. The molecule has 84 valence electrons. The van der Waals surface area contributed by atoms with Crippen LogP contribution in [0.4, 0.5) is 0 Å². The topological polar surface area (TPSA) is 58.5 Å². The number of hydrazone groups is 1. The zero-order valence-corrected chi connectivity index (χ0v) is 10.1. The highest BCUT2D eigenvalue weighted by Crippen LogP contribution is 2.15. The number of nitrogens with zero attached hydrogens (tertiary/aromatic N) is 1. The van der Waals surface area contributed by atoms with Crippen LogP contribution >= 0.6 is 11.8 Å². The summed E-state index contributed by atoms with van der Waals surface area (Å²) in [5.74, 6) is 0.100. The van der Waals surface area contributed by atoms with E-state index in [0.717, 1.165) is 0 Å². The summed E-state index contributed by atoms with van der Waals surface area (Å²) < 4.78 is 0. The van der Waals surface area contributed by atoms with Crippen molar-refractivity contribution in [3.05, 3.63) is 0 Å². The maximum atomic E-state index is 11.4. The summed E-state index contributed by atoms with van der Waals surface area (Å²) in [5, 5.41) is 3.94. The Hall–Kier alpha value is -0.840. The number of hydrogen-bond donors (Lipinski definition) is 1. The van der Waals surface area contributed by atoms with Crippen LogP contribution in [0.3, 0.4) is 0 Å². The van der Waals surface area contributed by atoms with E-state index in [1.165, 1.54) is 18.0 Å². The SMILES string of the molecule is CC(C)(C)N/N=C\C1C(=O)CSCC1=O. The first-order chi connectivity index (χ1) is 6.90. The Kier molecular flexibility index (Phi) is 3.90. The Balaban J connectivity index is 2.55. The Morgan fingerprint density at radius 3 is 2.33 bits per heavy atom. The van der Waals surface area contributed by atoms with Gasteiger partial charge in [0.15, 0.2) is 11.6 Å². The molecule has 5 heteroatoms. The highest BCUT2D eigenvalue weighted by atomic mass is 32.2. The predicted molar refractivity (Wildman–Crippen MR) is 62.2 cm³/mol. The first-order valence-corrected chi connectivity index (χ1v) is 5.99. The van der Waals surface area contributed by atoms with Gasteiger partial charge in [-0.25, -0.2) is 0 Å². The molecule has 0 aromatic carbocycles. The van der Waals surface area contributed by atoms with Crippen molar-refractivity contribution in [2.75, 3.05) is 11.5 Å². The molecular formula is C10H16N2O2S. The molecule has 0 amide bonds. The van der Waals surface area contributed by atoms with Crippen LogP contribution in [-0.2, 0) is 9.59 Å². The molecule has 1 N–H and O–H groups in total. The summed E-state index contributed by atoms with van der Waals surface area (Å²) in [7, 11) is 0. The van der Waals surface area contributed by atoms with Gasteiger partial charge in [-0.2, -0.15) is 5.10 Å². The minimum Gasteiger partial charge on any atom is -0.305 e. The molecule has 15 heavy (non-hydrogen) atoms. The average molecular weight is 228 g/mol. The summed E-state index contributed by atoms with van der Waals surface area (Å²) in [4.78, 5) is 22.8. The van der Waals surface area contributed by atoms with Crippen LogP contribution in [0.25, 0.3) is 0 Å². The molecule has 1 fully saturated rings. The van der Waals surface area contributed by atoms with Gasteiger partial charge in [0.2, 0.25) is 0 Å². The lowest BCUT2D eigenvalue weighted by molar-refractivity contribution is -0.127. The second-order valence-corrected chi connectivity index (χ2v) is 5.53. The van der Waals surface area contributed by atoms with E-state index in [1.54, 1.807) is 0 Å². The van der Waals surface area contributed by atoms with Gasteiger partial charge in [0, 0.05) is 11.8 Å². The number of thioether (sulfide) groups is 1. The molecule has 0 atom stereocenters. The molecule has 0 unspecified atom stereocenters. The number of carbonyl (C=O) groups is 2. The van der Waals surface area contributed by atoms with Crippen molar-refractivity contribution in [1.29, 1.82) is 0 Å². The monoisotopic (exact) mass is 228 g/mol. The van der Waals surface area contributed by atoms with Crippen molar-refractivity contribution in [2.24, 2.45) is 11.0 Å². The van der Waals surface area contributed by atoms with Gasteiger partial charge in [-0.15, -0.1) is 11.8 Å². The van der Waals surface area contributed by atoms with E-state index in [1.807, 2.05) is 20.8 Å². The lowest BCUT2D eigenvalue weighted by Crippen LogP contribution is -2.36. The van der Waals surface area contributed by atoms with Gasteiger partial charge in [-0.3, -0.25) is 9.59 Å². The first-order valence-electron chi connectivity index (χ1n) is 4.84. The van der Waals surface area contributed by atoms with Gasteiger partial charge in [0.05, 0.1) is 11.5 Å². The van der Waals surface area contributed by atoms with Gasteiger partial charge in [0.25, 0.3) is 0 Å². The van der Waals surface area contributed by atoms with E-state index < -0.39 is 5.92 Å². The number of nitrogens with one attached hydrogen (secondary N) is 1. The van der Waals surface area contributed by atoms with Crippen LogP contribution in [-0.4, -0.2) is 34.8 Å². The van der Waals surface area contributed by atoms with Crippen LogP contribution < -0.4 is 5.43 Å². The molecule has 0 saturated carbocycles. The summed E-state index contributed by atoms with van der Waals surface area (Å²) in [6.45, 7) is 5.89. The van der Waals surface area contributed by atoms with Gasteiger partial charge in [-0.05, 0) is 20.8 Å². The largest absolute Gasteiger partial charge is 0.305 e. The second-order valence-electron chi connectivity index (χ2n) is 4.54. The molecule has 0 bridgehead atoms. The molecule has 1 aliphatic rings. The highest BCUT2D eigenvalue weighted by molar-refractivity contribution is 8.00. The highest BCUT2D eigenvalue weighted by Gasteiger charge is 2.28. The zero-order chi connectivity index (χ0) is 11.5. The van der Waals surface area contributed by atoms with Crippen LogP contribution in [0.1, 0.15) is 20.8 Å². The average Bonchev–Trinajstić information content (AvgIpc) is 2.08. The smallest absolute Gasteiger partial charge is 0.158 e. The maximum absolute atomic E-state index is 11.4. The standard InChI is InChI=1S/C10H16N2O2S/c1-10(2,3)12-11-4-7-8(13)5-15-6-9(7)14/h4,7,12H,5-6H2,1-3H3/b11-4-. The van der Waals surface area contributed by atoms with E-state index in [-0.39, 0.29) is 17.1 Å². The van der Waals surface area contributed by atoms with Crippen molar-refractivity contribution >= 4 is 29.5 Å². The number of carbonyl (C=O) groups excluding carboxylic acids is 2. The Morgan fingerprint density at radius 1 is 1.33 bits per heavy atom. The predicted octanol–water partition coefficient (Wildman–Crippen LogP) is 0.861. The van der Waals surface area contributed by atoms with Crippen LogP contribution in [0, 0.1) is 5.92 Å². The molecule has 0 aliphatic carbocycles. The molecule has 0 aromatic rings. The molecule has 1 rings (SSSR count). The normalized spacial score (nSPS) is 19.9. The van der Waals surface area contributed by atoms with E-state index >= 15 is 0 Å². The lowest BCUT2D eigenvalue weighted by Gasteiger charge is -2.19. The van der Waals surface area contributed by atoms with Gasteiger partial charge in [-0.1, -0.05) is 0 Å². The molecule has 1 aliphatic heterocycles. The van der Waals surface area contributed by atoms with E-state index in [9.17, 15) is 9.59 Å². The third-order valence-electron chi connectivity index (χ3n) is 1.81. The summed E-state index contributed by atoms with van der Waals surface area (Å²) >= 11 is 1.37. The van der Waals surface area contributed by atoms with Crippen molar-refractivity contribution in [2.45, 2.75) is 26.3 Å².